The van der Waals surface area contributed by atoms with Crippen molar-refractivity contribution in [1.82, 2.24) is 14.5 Å². The minimum absolute atomic E-state index is 0.00189. The van der Waals surface area contributed by atoms with Crippen molar-refractivity contribution in [2.24, 2.45) is 0 Å². The van der Waals surface area contributed by atoms with Gasteiger partial charge in [0, 0.05) is 31.7 Å². The van der Waals surface area contributed by atoms with Crippen molar-refractivity contribution in [3.8, 4) is 0 Å². The highest BCUT2D eigenvalue weighted by Crippen LogP contribution is 2.35. The summed E-state index contributed by atoms with van der Waals surface area (Å²) in [6, 6.07) is 16.7. The number of hydrogen-bond acceptors (Lipinski definition) is 4. The fourth-order valence-electron chi connectivity index (χ4n) is 3.94. The van der Waals surface area contributed by atoms with Gasteiger partial charge in [0.05, 0.1) is 17.0 Å². The number of hydrogen-bond donors (Lipinski definition) is 1. The standard InChI is InChI=1S/C24H22F3N3O4S/c25-24(26,27)20-7-3-4-8-21(20)35(33,34)30-13-11-29(12-14-30)22(31)16-28-23(32)19-10-9-17-5-1-2-6-18(17)15-19/h1-10,15H,11-14,16H2,(H,28,32). The lowest BCUT2D eigenvalue weighted by molar-refractivity contribution is -0.139. The molecule has 1 heterocycles. The molecule has 1 fully saturated rings. The lowest BCUT2D eigenvalue weighted by Crippen LogP contribution is -2.52. The molecule has 3 aromatic rings. The molecule has 1 saturated heterocycles. The van der Waals surface area contributed by atoms with E-state index in [0.29, 0.717) is 5.56 Å². The summed E-state index contributed by atoms with van der Waals surface area (Å²) < 4.78 is 66.5. The number of carbonyl (C=O) groups is 2. The van der Waals surface area contributed by atoms with E-state index < -0.39 is 38.5 Å². The van der Waals surface area contributed by atoms with Crippen LogP contribution in [0.1, 0.15) is 15.9 Å². The molecular weight excluding hydrogens is 483 g/mol. The van der Waals surface area contributed by atoms with E-state index in [1.165, 1.54) is 11.0 Å². The van der Waals surface area contributed by atoms with Crippen LogP contribution in [-0.4, -0.2) is 62.2 Å². The van der Waals surface area contributed by atoms with Gasteiger partial charge in [-0.15, -0.1) is 0 Å². The summed E-state index contributed by atoms with van der Waals surface area (Å²) in [5, 5.41) is 4.43. The van der Waals surface area contributed by atoms with Crippen LogP contribution < -0.4 is 5.32 Å². The normalized spacial score (nSPS) is 15.2. The van der Waals surface area contributed by atoms with Crippen LogP contribution in [0.3, 0.4) is 0 Å². The van der Waals surface area contributed by atoms with E-state index in [1.807, 2.05) is 30.3 Å². The van der Waals surface area contributed by atoms with Crippen LogP contribution in [0.4, 0.5) is 13.2 Å². The zero-order valence-corrected chi connectivity index (χ0v) is 19.3. The van der Waals surface area contributed by atoms with Crippen LogP contribution in [-0.2, 0) is 21.0 Å². The molecule has 1 aliphatic rings. The molecule has 0 atom stereocenters. The van der Waals surface area contributed by atoms with Crippen LogP contribution in [0.15, 0.2) is 71.6 Å². The summed E-state index contributed by atoms with van der Waals surface area (Å²) in [5.74, 6) is -0.832. The van der Waals surface area contributed by atoms with E-state index in [2.05, 4.69) is 5.32 Å². The SMILES string of the molecule is O=C(NCC(=O)N1CCN(S(=O)(=O)c2ccccc2C(F)(F)F)CC1)c1ccc2ccccc2c1. The Kier molecular flexibility index (Phi) is 6.82. The molecule has 0 radical (unpaired) electrons. The number of piperazine rings is 1. The van der Waals surface area contributed by atoms with Gasteiger partial charge in [-0.1, -0.05) is 42.5 Å². The predicted octanol–water partition coefficient (Wildman–Crippen LogP) is 3.12. The maximum Gasteiger partial charge on any atom is 0.417 e. The van der Waals surface area contributed by atoms with E-state index >= 15 is 0 Å². The maximum atomic E-state index is 13.3. The van der Waals surface area contributed by atoms with Gasteiger partial charge in [-0.05, 0) is 35.0 Å². The summed E-state index contributed by atoms with van der Waals surface area (Å²) in [4.78, 5) is 25.6. The molecule has 1 aliphatic heterocycles. The summed E-state index contributed by atoms with van der Waals surface area (Å²) in [5.41, 5.74) is -0.828. The Labute approximate surface area is 200 Å². The predicted molar refractivity (Wildman–Crippen MR) is 123 cm³/mol. The molecule has 0 aromatic heterocycles. The zero-order valence-electron chi connectivity index (χ0n) is 18.5. The lowest BCUT2D eigenvalue weighted by Gasteiger charge is -2.34. The third kappa shape index (κ3) is 5.30. The molecule has 184 valence electrons. The Bertz CT molecular complexity index is 1370. The van der Waals surface area contributed by atoms with Crippen molar-refractivity contribution in [2.75, 3.05) is 32.7 Å². The number of carbonyl (C=O) groups excluding carboxylic acids is 2. The van der Waals surface area contributed by atoms with Crippen LogP contribution in [0.5, 0.6) is 0 Å². The monoisotopic (exact) mass is 505 g/mol. The molecule has 0 unspecified atom stereocenters. The van der Waals surface area contributed by atoms with Crippen molar-refractivity contribution >= 4 is 32.6 Å². The smallest absolute Gasteiger partial charge is 0.343 e. The Morgan fingerprint density at radius 3 is 2.17 bits per heavy atom. The molecule has 11 heteroatoms. The summed E-state index contributed by atoms with van der Waals surface area (Å²) >= 11 is 0. The molecule has 0 bridgehead atoms. The molecule has 0 spiro atoms. The van der Waals surface area contributed by atoms with Crippen LogP contribution in [0.2, 0.25) is 0 Å². The highest BCUT2D eigenvalue weighted by molar-refractivity contribution is 7.89. The Balaban J connectivity index is 1.35. The van der Waals surface area contributed by atoms with Crippen molar-refractivity contribution in [2.45, 2.75) is 11.1 Å². The first kappa shape index (κ1) is 24.7. The molecule has 0 aliphatic carbocycles. The first-order valence-electron chi connectivity index (χ1n) is 10.8. The second-order valence-corrected chi connectivity index (χ2v) is 9.93. The average molecular weight is 506 g/mol. The van der Waals surface area contributed by atoms with Crippen molar-refractivity contribution < 1.29 is 31.2 Å². The third-order valence-electron chi connectivity index (χ3n) is 5.81. The fraction of sp³-hybridized carbons (Fsp3) is 0.250. The topological polar surface area (TPSA) is 86.8 Å². The summed E-state index contributed by atoms with van der Waals surface area (Å²) in [6.07, 6.45) is -4.81. The van der Waals surface area contributed by atoms with Gasteiger partial charge in [-0.3, -0.25) is 9.59 Å². The van der Waals surface area contributed by atoms with Gasteiger partial charge in [-0.2, -0.15) is 17.5 Å². The number of halogens is 3. The summed E-state index contributed by atoms with van der Waals surface area (Å²) in [7, 11) is -4.40. The fourth-order valence-corrected chi connectivity index (χ4v) is 5.58. The molecule has 35 heavy (non-hydrogen) atoms. The van der Waals surface area contributed by atoms with Crippen LogP contribution in [0, 0.1) is 0 Å². The van der Waals surface area contributed by atoms with E-state index in [4.69, 9.17) is 0 Å². The molecule has 1 N–H and O–H groups in total. The van der Waals surface area contributed by atoms with Crippen LogP contribution >= 0.6 is 0 Å². The molecule has 4 rings (SSSR count). The maximum absolute atomic E-state index is 13.3. The molecule has 3 aromatic carbocycles. The minimum Gasteiger partial charge on any atom is -0.343 e. The number of sulfonamides is 1. The average Bonchev–Trinajstić information content (AvgIpc) is 2.86. The van der Waals surface area contributed by atoms with Gasteiger partial charge in [0.25, 0.3) is 5.91 Å². The lowest BCUT2D eigenvalue weighted by atomic mass is 10.1. The number of nitrogens with one attached hydrogen (secondary N) is 1. The Morgan fingerprint density at radius 1 is 0.857 bits per heavy atom. The van der Waals surface area contributed by atoms with E-state index in [0.717, 1.165) is 33.3 Å². The third-order valence-corrected chi connectivity index (χ3v) is 7.77. The molecule has 7 nitrogen and oxygen atoms in total. The Hall–Kier alpha value is -3.44. The second kappa shape index (κ2) is 9.67. The highest BCUT2D eigenvalue weighted by Gasteiger charge is 2.39. The van der Waals surface area contributed by atoms with Gasteiger partial charge in [-0.25, -0.2) is 8.42 Å². The van der Waals surface area contributed by atoms with Gasteiger partial charge >= 0.3 is 6.18 Å². The first-order valence-corrected chi connectivity index (χ1v) is 12.2. The number of benzene rings is 3. The molecule has 2 amide bonds. The first-order chi connectivity index (χ1) is 16.6. The van der Waals surface area contributed by atoms with Crippen molar-refractivity contribution in [1.29, 1.82) is 0 Å². The second-order valence-electron chi connectivity index (χ2n) is 8.02. The minimum atomic E-state index is -4.81. The zero-order chi connectivity index (χ0) is 25.2. The van der Waals surface area contributed by atoms with E-state index in [-0.39, 0.29) is 32.7 Å². The van der Waals surface area contributed by atoms with Crippen LogP contribution in [0.25, 0.3) is 10.8 Å². The quantitative estimate of drug-likeness (QED) is 0.578. The van der Waals surface area contributed by atoms with Gasteiger partial charge in [0.2, 0.25) is 15.9 Å². The number of amides is 2. The van der Waals surface area contributed by atoms with Gasteiger partial charge in [0.15, 0.2) is 0 Å². The van der Waals surface area contributed by atoms with Crippen molar-refractivity contribution in [3.63, 3.8) is 0 Å². The summed E-state index contributed by atoms with van der Waals surface area (Å²) in [6.45, 7) is -0.594. The number of alkyl halides is 3. The number of nitrogens with zero attached hydrogens (tertiary/aromatic N) is 2. The Morgan fingerprint density at radius 2 is 1.49 bits per heavy atom. The number of fused-ring (bicyclic) bond motifs is 1. The van der Waals surface area contributed by atoms with Crippen molar-refractivity contribution in [3.05, 3.63) is 77.9 Å². The highest BCUT2D eigenvalue weighted by atomic mass is 32.2. The molecule has 0 saturated carbocycles. The molecular formula is C24H22F3N3O4S. The largest absolute Gasteiger partial charge is 0.417 e. The van der Waals surface area contributed by atoms with E-state index in [9.17, 15) is 31.2 Å². The van der Waals surface area contributed by atoms with Gasteiger partial charge < -0.3 is 10.2 Å². The number of rotatable bonds is 5. The van der Waals surface area contributed by atoms with Gasteiger partial charge in [0.1, 0.15) is 0 Å². The van der Waals surface area contributed by atoms with E-state index in [1.54, 1.807) is 12.1 Å².